The number of halogens is 1. The van der Waals surface area contributed by atoms with Crippen LogP contribution in [0.1, 0.15) is 12.5 Å². The van der Waals surface area contributed by atoms with Gasteiger partial charge in [0.2, 0.25) is 0 Å². The van der Waals surface area contributed by atoms with Crippen molar-refractivity contribution in [1.82, 2.24) is 4.98 Å². The molecular formula is C15H13ClN2O2S2. The summed E-state index contributed by atoms with van der Waals surface area (Å²) in [5.74, 6) is 0. The molecule has 0 spiro atoms. The van der Waals surface area contributed by atoms with Crippen LogP contribution in [-0.2, 0) is 16.4 Å². The third kappa shape index (κ3) is 3.09. The van der Waals surface area contributed by atoms with Gasteiger partial charge in [-0.1, -0.05) is 35.9 Å². The van der Waals surface area contributed by atoms with Gasteiger partial charge in [0.25, 0.3) is 10.0 Å². The lowest BCUT2D eigenvalue weighted by Crippen LogP contribution is -2.12. The van der Waals surface area contributed by atoms with E-state index in [1.807, 2.05) is 18.2 Å². The van der Waals surface area contributed by atoms with Crippen LogP contribution in [0.4, 0.5) is 5.13 Å². The Hall–Kier alpha value is -1.63. The van der Waals surface area contributed by atoms with Crippen molar-refractivity contribution in [2.45, 2.75) is 18.2 Å². The molecule has 0 aliphatic heterocycles. The molecule has 0 bridgehead atoms. The van der Waals surface area contributed by atoms with E-state index in [9.17, 15) is 8.42 Å². The van der Waals surface area contributed by atoms with Gasteiger partial charge in [-0.2, -0.15) is 0 Å². The standard InChI is InChI=1S/C15H13ClN2O2S2/c1-2-10-3-8-13-14(9-10)21-15(17-13)18-22(19,20)12-6-4-11(16)5-7-12/h3-9H,2H2,1H3,(H,17,18). The molecule has 22 heavy (non-hydrogen) atoms. The van der Waals surface area contributed by atoms with Gasteiger partial charge in [-0.3, -0.25) is 4.72 Å². The predicted molar refractivity (Wildman–Crippen MR) is 91.3 cm³/mol. The second-order valence-electron chi connectivity index (χ2n) is 4.73. The highest BCUT2D eigenvalue weighted by molar-refractivity contribution is 7.93. The van der Waals surface area contributed by atoms with Crippen LogP contribution in [0, 0.1) is 0 Å². The molecule has 0 unspecified atom stereocenters. The third-order valence-corrected chi connectivity index (χ3v) is 5.88. The Kier molecular flexibility index (Phi) is 4.08. The highest BCUT2D eigenvalue weighted by Gasteiger charge is 2.16. The molecule has 1 N–H and O–H groups in total. The molecule has 3 rings (SSSR count). The predicted octanol–water partition coefficient (Wildman–Crippen LogP) is 4.31. The lowest BCUT2D eigenvalue weighted by molar-refractivity contribution is 0.601. The molecule has 0 saturated carbocycles. The van der Waals surface area contributed by atoms with Gasteiger partial charge in [0.15, 0.2) is 5.13 Å². The van der Waals surface area contributed by atoms with Gasteiger partial charge in [0.05, 0.1) is 15.1 Å². The number of fused-ring (bicyclic) bond motifs is 1. The van der Waals surface area contributed by atoms with Gasteiger partial charge in [0, 0.05) is 5.02 Å². The summed E-state index contributed by atoms with van der Waals surface area (Å²) in [5, 5.41) is 0.851. The van der Waals surface area contributed by atoms with E-state index in [0.29, 0.717) is 10.2 Å². The molecule has 2 aromatic carbocycles. The average molecular weight is 353 g/mol. The van der Waals surface area contributed by atoms with Crippen LogP contribution in [0.15, 0.2) is 47.4 Å². The summed E-state index contributed by atoms with van der Waals surface area (Å²) in [7, 11) is -3.65. The van der Waals surface area contributed by atoms with Gasteiger partial charge in [-0.25, -0.2) is 13.4 Å². The minimum atomic E-state index is -3.65. The highest BCUT2D eigenvalue weighted by atomic mass is 35.5. The first-order valence-corrected chi connectivity index (χ1v) is 9.33. The Morgan fingerprint density at radius 3 is 2.59 bits per heavy atom. The maximum Gasteiger partial charge on any atom is 0.263 e. The first kappa shape index (κ1) is 15.3. The second-order valence-corrected chi connectivity index (χ2v) is 7.88. The number of benzene rings is 2. The minimum absolute atomic E-state index is 0.158. The number of thiazole rings is 1. The summed E-state index contributed by atoms with van der Waals surface area (Å²) in [6.45, 7) is 2.08. The minimum Gasteiger partial charge on any atom is -0.255 e. The number of aromatic nitrogens is 1. The molecule has 0 radical (unpaired) electrons. The van der Waals surface area contributed by atoms with E-state index in [2.05, 4.69) is 16.6 Å². The van der Waals surface area contributed by atoms with Gasteiger partial charge in [-0.15, -0.1) is 0 Å². The van der Waals surface area contributed by atoms with Crippen LogP contribution in [0.25, 0.3) is 10.2 Å². The van der Waals surface area contributed by atoms with E-state index in [1.54, 1.807) is 12.1 Å². The molecule has 0 aliphatic rings. The normalized spacial score (nSPS) is 11.7. The SMILES string of the molecule is CCc1ccc2nc(NS(=O)(=O)c3ccc(Cl)cc3)sc2c1. The fraction of sp³-hybridized carbons (Fsp3) is 0.133. The summed E-state index contributed by atoms with van der Waals surface area (Å²) < 4.78 is 28.1. The third-order valence-electron chi connectivity index (χ3n) is 3.21. The zero-order valence-corrected chi connectivity index (χ0v) is 14.1. The van der Waals surface area contributed by atoms with Crippen LogP contribution in [-0.4, -0.2) is 13.4 Å². The van der Waals surface area contributed by atoms with Crippen LogP contribution in [0.2, 0.25) is 5.02 Å². The zero-order chi connectivity index (χ0) is 15.7. The lowest BCUT2D eigenvalue weighted by Gasteiger charge is -2.04. The maximum absolute atomic E-state index is 12.3. The van der Waals surface area contributed by atoms with Gasteiger partial charge >= 0.3 is 0 Å². The van der Waals surface area contributed by atoms with Crippen molar-refractivity contribution in [2.75, 3.05) is 4.72 Å². The summed E-state index contributed by atoms with van der Waals surface area (Å²) in [6, 6.07) is 12.0. The molecule has 3 aromatic rings. The number of nitrogens with zero attached hydrogens (tertiary/aromatic N) is 1. The topological polar surface area (TPSA) is 59.1 Å². The van der Waals surface area contributed by atoms with Crippen molar-refractivity contribution in [3.05, 3.63) is 53.1 Å². The Labute approximate surface area is 137 Å². The van der Waals surface area contributed by atoms with Crippen molar-refractivity contribution < 1.29 is 8.42 Å². The van der Waals surface area contributed by atoms with E-state index < -0.39 is 10.0 Å². The number of aryl methyl sites for hydroxylation is 1. The van der Waals surface area contributed by atoms with Crippen molar-refractivity contribution >= 4 is 48.3 Å². The van der Waals surface area contributed by atoms with E-state index in [0.717, 1.165) is 16.6 Å². The molecule has 0 amide bonds. The van der Waals surface area contributed by atoms with Crippen LogP contribution in [0.3, 0.4) is 0 Å². The van der Waals surface area contributed by atoms with E-state index >= 15 is 0 Å². The fourth-order valence-electron chi connectivity index (χ4n) is 2.02. The second kappa shape index (κ2) is 5.87. The fourth-order valence-corrected chi connectivity index (χ4v) is 4.31. The molecule has 1 aromatic heterocycles. The van der Waals surface area contributed by atoms with Crippen molar-refractivity contribution in [2.24, 2.45) is 0 Å². The van der Waals surface area contributed by atoms with Crippen molar-refractivity contribution in [3.8, 4) is 0 Å². The first-order valence-electron chi connectivity index (χ1n) is 6.66. The molecular weight excluding hydrogens is 340 g/mol. The van der Waals surface area contributed by atoms with Crippen LogP contribution < -0.4 is 4.72 Å². The molecule has 0 fully saturated rings. The Morgan fingerprint density at radius 1 is 1.18 bits per heavy atom. The summed E-state index contributed by atoms with van der Waals surface area (Å²) in [5.41, 5.74) is 1.99. The molecule has 1 heterocycles. The van der Waals surface area contributed by atoms with Crippen LogP contribution >= 0.6 is 22.9 Å². The number of hydrogen-bond donors (Lipinski definition) is 1. The maximum atomic E-state index is 12.3. The number of sulfonamides is 1. The molecule has 7 heteroatoms. The molecule has 4 nitrogen and oxygen atoms in total. The summed E-state index contributed by atoms with van der Waals surface area (Å²) >= 11 is 7.10. The van der Waals surface area contributed by atoms with Gasteiger partial charge in [-0.05, 0) is 48.4 Å². The van der Waals surface area contributed by atoms with E-state index in [1.165, 1.54) is 29.0 Å². The number of nitrogens with one attached hydrogen (secondary N) is 1. The lowest BCUT2D eigenvalue weighted by atomic mass is 10.2. The molecule has 0 saturated heterocycles. The quantitative estimate of drug-likeness (QED) is 0.761. The Balaban J connectivity index is 1.93. The van der Waals surface area contributed by atoms with Gasteiger partial charge in [0.1, 0.15) is 0 Å². The van der Waals surface area contributed by atoms with E-state index in [-0.39, 0.29) is 4.90 Å². The largest absolute Gasteiger partial charge is 0.263 e. The average Bonchev–Trinajstić information content (AvgIpc) is 2.87. The molecule has 0 aliphatic carbocycles. The monoisotopic (exact) mass is 352 g/mol. The number of anilines is 1. The Morgan fingerprint density at radius 2 is 1.91 bits per heavy atom. The first-order chi connectivity index (χ1) is 10.5. The van der Waals surface area contributed by atoms with Crippen molar-refractivity contribution in [3.63, 3.8) is 0 Å². The summed E-state index contributed by atoms with van der Waals surface area (Å²) in [6.07, 6.45) is 0.930. The molecule has 0 atom stereocenters. The number of hydrogen-bond acceptors (Lipinski definition) is 4. The van der Waals surface area contributed by atoms with E-state index in [4.69, 9.17) is 11.6 Å². The number of rotatable bonds is 4. The smallest absolute Gasteiger partial charge is 0.255 e. The summed E-state index contributed by atoms with van der Waals surface area (Å²) in [4.78, 5) is 4.48. The molecule has 114 valence electrons. The zero-order valence-electron chi connectivity index (χ0n) is 11.7. The highest BCUT2D eigenvalue weighted by Crippen LogP contribution is 2.28. The van der Waals surface area contributed by atoms with Crippen molar-refractivity contribution in [1.29, 1.82) is 0 Å². The van der Waals surface area contributed by atoms with Crippen LogP contribution in [0.5, 0.6) is 0 Å². The van der Waals surface area contributed by atoms with Gasteiger partial charge < -0.3 is 0 Å². The Bertz CT molecular complexity index is 918.